The molecular weight excluding hydrogens is 272 g/mol. The second-order valence-electron chi connectivity index (χ2n) is 4.41. The van der Waals surface area contributed by atoms with Crippen LogP contribution in [0.4, 0.5) is 0 Å². The van der Waals surface area contributed by atoms with Crippen LogP contribution >= 0.6 is 0 Å². The van der Waals surface area contributed by atoms with Gasteiger partial charge in [0, 0.05) is 11.8 Å². The van der Waals surface area contributed by atoms with Crippen LogP contribution in [0.25, 0.3) is 23.0 Å². The van der Waals surface area contributed by atoms with Gasteiger partial charge < -0.3 is 19.0 Å². The number of nitriles is 1. The lowest BCUT2D eigenvalue weighted by Gasteiger charge is -1.97. The predicted octanol–water partition coefficient (Wildman–Crippen LogP) is 2.33. The van der Waals surface area contributed by atoms with Crippen LogP contribution in [-0.2, 0) is 0 Å². The zero-order chi connectivity index (χ0) is 14.2. The van der Waals surface area contributed by atoms with Crippen molar-refractivity contribution >= 4 is 0 Å². The number of aromatic nitrogens is 3. The van der Waals surface area contributed by atoms with Gasteiger partial charge in [-0.05, 0) is 24.3 Å². The summed E-state index contributed by atoms with van der Waals surface area (Å²) in [5.74, 6) is 2.12. The average molecular weight is 280 g/mol. The number of aromatic amines is 1. The number of benzene rings is 1. The van der Waals surface area contributed by atoms with Crippen LogP contribution in [0.15, 0.2) is 35.0 Å². The average Bonchev–Trinajstić information content (AvgIpc) is 3.24. The van der Waals surface area contributed by atoms with E-state index in [1.807, 2.05) is 12.1 Å². The molecule has 2 aromatic heterocycles. The fraction of sp³-hybridized carbons (Fsp3) is 0.0714. The smallest absolute Gasteiger partial charge is 0.274 e. The van der Waals surface area contributed by atoms with Gasteiger partial charge in [0.05, 0.1) is 5.56 Å². The minimum absolute atomic E-state index is 0.218. The summed E-state index contributed by atoms with van der Waals surface area (Å²) in [6.07, 6.45) is 1.58. The SMILES string of the molecule is N#Cc1c[nH]c(-c2nc(-c3ccc4c(c3)OCO4)no2)c1. The monoisotopic (exact) mass is 280 g/mol. The molecule has 1 aliphatic rings. The van der Waals surface area contributed by atoms with Crippen LogP contribution < -0.4 is 9.47 Å². The number of fused-ring (bicyclic) bond motifs is 1. The van der Waals surface area contributed by atoms with Gasteiger partial charge in [0.1, 0.15) is 11.8 Å². The molecule has 0 fully saturated rings. The summed E-state index contributed by atoms with van der Waals surface area (Å²) >= 11 is 0. The minimum atomic E-state index is 0.218. The van der Waals surface area contributed by atoms with E-state index in [0.717, 1.165) is 5.56 Å². The molecule has 0 atom stereocenters. The molecule has 0 saturated heterocycles. The fourth-order valence-electron chi connectivity index (χ4n) is 2.07. The highest BCUT2D eigenvalue weighted by molar-refractivity contribution is 5.63. The highest BCUT2D eigenvalue weighted by Gasteiger charge is 2.17. The molecule has 0 amide bonds. The van der Waals surface area contributed by atoms with Gasteiger partial charge in [0.25, 0.3) is 5.89 Å². The highest BCUT2D eigenvalue weighted by Crippen LogP contribution is 2.35. The van der Waals surface area contributed by atoms with E-state index in [-0.39, 0.29) is 6.79 Å². The molecule has 3 aromatic rings. The summed E-state index contributed by atoms with van der Waals surface area (Å²) in [7, 11) is 0. The Bertz CT molecular complexity index is 859. The Hall–Kier alpha value is -3.27. The molecule has 3 heterocycles. The molecule has 4 rings (SSSR count). The molecule has 1 aromatic carbocycles. The fourth-order valence-corrected chi connectivity index (χ4v) is 2.07. The molecule has 21 heavy (non-hydrogen) atoms. The number of rotatable bonds is 2. The van der Waals surface area contributed by atoms with E-state index in [1.54, 1.807) is 24.4 Å². The van der Waals surface area contributed by atoms with Gasteiger partial charge in [-0.2, -0.15) is 10.2 Å². The third-order valence-electron chi connectivity index (χ3n) is 3.10. The van der Waals surface area contributed by atoms with Crippen molar-refractivity contribution in [2.24, 2.45) is 0 Å². The Morgan fingerprint density at radius 2 is 2.10 bits per heavy atom. The quantitative estimate of drug-likeness (QED) is 0.773. The zero-order valence-electron chi connectivity index (χ0n) is 10.7. The first-order valence-electron chi connectivity index (χ1n) is 6.16. The molecule has 0 aliphatic carbocycles. The molecular formula is C14H8N4O3. The van der Waals surface area contributed by atoms with Crippen molar-refractivity contribution in [2.75, 3.05) is 6.79 Å². The van der Waals surface area contributed by atoms with Gasteiger partial charge in [0.2, 0.25) is 12.6 Å². The topological polar surface area (TPSA) is 97.0 Å². The highest BCUT2D eigenvalue weighted by atomic mass is 16.7. The molecule has 0 spiro atoms. The van der Waals surface area contributed by atoms with Gasteiger partial charge in [-0.1, -0.05) is 5.16 Å². The maximum Gasteiger partial charge on any atom is 0.274 e. The third-order valence-corrected chi connectivity index (χ3v) is 3.10. The van der Waals surface area contributed by atoms with Gasteiger partial charge in [-0.25, -0.2) is 0 Å². The van der Waals surface area contributed by atoms with E-state index in [9.17, 15) is 0 Å². The third kappa shape index (κ3) is 1.90. The number of ether oxygens (including phenoxy) is 2. The lowest BCUT2D eigenvalue weighted by Crippen LogP contribution is -1.92. The second-order valence-corrected chi connectivity index (χ2v) is 4.41. The van der Waals surface area contributed by atoms with Crippen LogP contribution in [0.5, 0.6) is 11.5 Å². The van der Waals surface area contributed by atoms with Crippen molar-refractivity contribution in [3.8, 4) is 40.5 Å². The normalized spacial score (nSPS) is 12.3. The lowest BCUT2D eigenvalue weighted by molar-refractivity contribution is 0.174. The van der Waals surface area contributed by atoms with Crippen molar-refractivity contribution in [3.05, 3.63) is 36.0 Å². The van der Waals surface area contributed by atoms with E-state index >= 15 is 0 Å². The number of hydrogen-bond acceptors (Lipinski definition) is 6. The standard InChI is InChI=1S/C14H8N4O3/c15-5-8-3-10(16-6-8)14-17-13(18-21-14)9-1-2-11-12(4-9)20-7-19-11/h1-4,6,16H,7H2. The summed E-state index contributed by atoms with van der Waals surface area (Å²) < 4.78 is 15.8. The minimum Gasteiger partial charge on any atom is -0.454 e. The predicted molar refractivity (Wildman–Crippen MR) is 70.4 cm³/mol. The molecule has 102 valence electrons. The van der Waals surface area contributed by atoms with Crippen molar-refractivity contribution in [1.82, 2.24) is 15.1 Å². The molecule has 1 aliphatic heterocycles. The van der Waals surface area contributed by atoms with Crippen LogP contribution in [0, 0.1) is 11.3 Å². The number of nitrogens with one attached hydrogen (secondary N) is 1. The Kier molecular flexibility index (Phi) is 2.41. The van der Waals surface area contributed by atoms with E-state index in [2.05, 4.69) is 15.1 Å². The van der Waals surface area contributed by atoms with Crippen molar-refractivity contribution in [3.63, 3.8) is 0 Å². The second kappa shape index (κ2) is 4.38. The van der Waals surface area contributed by atoms with Gasteiger partial charge >= 0.3 is 0 Å². The molecule has 0 saturated carbocycles. The lowest BCUT2D eigenvalue weighted by atomic mass is 10.2. The van der Waals surface area contributed by atoms with Gasteiger partial charge in [0.15, 0.2) is 11.5 Å². The van der Waals surface area contributed by atoms with Crippen molar-refractivity contribution in [2.45, 2.75) is 0 Å². The molecule has 7 heteroatoms. The Morgan fingerprint density at radius 3 is 2.95 bits per heavy atom. The van der Waals surface area contributed by atoms with Gasteiger partial charge in [-0.15, -0.1) is 0 Å². The molecule has 0 bridgehead atoms. The Morgan fingerprint density at radius 1 is 1.19 bits per heavy atom. The van der Waals surface area contributed by atoms with Crippen LogP contribution in [-0.4, -0.2) is 21.9 Å². The summed E-state index contributed by atoms with van der Waals surface area (Å²) in [4.78, 5) is 7.23. The largest absolute Gasteiger partial charge is 0.454 e. The number of nitrogens with zero attached hydrogens (tertiary/aromatic N) is 3. The number of hydrogen-bond donors (Lipinski definition) is 1. The Balaban J connectivity index is 1.69. The summed E-state index contributed by atoms with van der Waals surface area (Å²) in [5.41, 5.74) is 1.88. The molecule has 0 radical (unpaired) electrons. The van der Waals surface area contributed by atoms with Crippen molar-refractivity contribution < 1.29 is 14.0 Å². The van der Waals surface area contributed by atoms with Crippen molar-refractivity contribution in [1.29, 1.82) is 5.26 Å². The number of H-pyrrole nitrogens is 1. The summed E-state index contributed by atoms with van der Waals surface area (Å²) in [6, 6.07) is 9.11. The Labute approximate surface area is 118 Å². The van der Waals surface area contributed by atoms with Crippen LogP contribution in [0.3, 0.4) is 0 Å². The summed E-state index contributed by atoms with van der Waals surface area (Å²) in [6.45, 7) is 0.218. The maximum absolute atomic E-state index is 8.81. The molecule has 1 N–H and O–H groups in total. The zero-order valence-corrected chi connectivity index (χ0v) is 10.7. The molecule has 7 nitrogen and oxygen atoms in total. The van der Waals surface area contributed by atoms with Crippen LogP contribution in [0.1, 0.15) is 5.56 Å². The first kappa shape index (κ1) is 11.5. The first-order chi connectivity index (χ1) is 10.3. The van der Waals surface area contributed by atoms with E-state index in [4.69, 9.17) is 19.3 Å². The maximum atomic E-state index is 8.81. The van der Waals surface area contributed by atoms with Gasteiger partial charge in [-0.3, -0.25) is 0 Å². The molecule has 0 unspecified atom stereocenters. The van der Waals surface area contributed by atoms with E-state index < -0.39 is 0 Å². The first-order valence-corrected chi connectivity index (χ1v) is 6.16. The van der Waals surface area contributed by atoms with E-state index in [1.165, 1.54) is 0 Å². The summed E-state index contributed by atoms with van der Waals surface area (Å²) in [5, 5.41) is 12.7. The van der Waals surface area contributed by atoms with Crippen LogP contribution in [0.2, 0.25) is 0 Å². The van der Waals surface area contributed by atoms with E-state index in [0.29, 0.717) is 34.5 Å².